The summed E-state index contributed by atoms with van der Waals surface area (Å²) in [7, 11) is 0. The van der Waals surface area contributed by atoms with E-state index in [2.05, 4.69) is 19.5 Å². The van der Waals surface area contributed by atoms with Crippen LogP contribution in [0.4, 0.5) is 0 Å². The second kappa shape index (κ2) is 5.96. The van der Waals surface area contributed by atoms with Crippen LogP contribution in [0.2, 0.25) is 0 Å². The third-order valence-corrected chi connectivity index (χ3v) is 4.53. The summed E-state index contributed by atoms with van der Waals surface area (Å²) >= 11 is 0. The Kier molecular flexibility index (Phi) is 3.65. The Labute approximate surface area is 140 Å². The number of amides is 1. The molecule has 4 rings (SSSR count). The van der Waals surface area contributed by atoms with E-state index in [0.717, 1.165) is 29.3 Å². The molecular weight excluding hydrogens is 302 g/mol. The molecule has 0 aliphatic carbocycles. The monoisotopic (exact) mass is 321 g/mol. The lowest BCUT2D eigenvalue weighted by Gasteiger charge is -2.16. The minimum Gasteiger partial charge on any atom is -0.343 e. The van der Waals surface area contributed by atoms with Gasteiger partial charge in [0.15, 0.2) is 5.82 Å². The number of imidazole rings is 2. The number of aromatic nitrogens is 4. The van der Waals surface area contributed by atoms with Gasteiger partial charge in [-0.1, -0.05) is 30.3 Å². The molecule has 3 heterocycles. The molecule has 24 heavy (non-hydrogen) atoms. The van der Waals surface area contributed by atoms with Gasteiger partial charge in [-0.15, -0.1) is 0 Å². The fraction of sp³-hybridized carbons (Fsp3) is 0.278. The molecule has 1 aromatic carbocycles. The number of nitrogens with zero attached hydrogens (tertiary/aromatic N) is 4. The zero-order chi connectivity index (χ0) is 16.5. The first kappa shape index (κ1) is 14.7. The molecule has 6 nitrogen and oxygen atoms in total. The maximum atomic E-state index is 12.1. The van der Waals surface area contributed by atoms with Crippen LogP contribution in [0.1, 0.15) is 19.4 Å². The van der Waals surface area contributed by atoms with Gasteiger partial charge in [0.25, 0.3) is 0 Å². The molecule has 1 unspecified atom stereocenters. The van der Waals surface area contributed by atoms with Crippen molar-refractivity contribution in [2.24, 2.45) is 0 Å². The highest BCUT2D eigenvalue weighted by Crippen LogP contribution is 2.34. The molecule has 0 bridgehead atoms. The Morgan fingerprint density at radius 2 is 2.08 bits per heavy atom. The minimum atomic E-state index is 0.0857. The van der Waals surface area contributed by atoms with Crippen molar-refractivity contribution >= 4 is 5.91 Å². The molecule has 1 fully saturated rings. The van der Waals surface area contributed by atoms with Crippen molar-refractivity contribution in [2.75, 3.05) is 13.1 Å². The first-order valence-electron chi connectivity index (χ1n) is 8.17. The van der Waals surface area contributed by atoms with Crippen LogP contribution < -0.4 is 0 Å². The highest BCUT2D eigenvalue weighted by atomic mass is 16.2. The van der Waals surface area contributed by atoms with Crippen molar-refractivity contribution in [1.82, 2.24) is 24.4 Å². The van der Waals surface area contributed by atoms with E-state index in [0.29, 0.717) is 13.0 Å². The van der Waals surface area contributed by atoms with E-state index in [1.807, 2.05) is 48.5 Å². The van der Waals surface area contributed by atoms with Gasteiger partial charge in [0.1, 0.15) is 5.69 Å². The quantitative estimate of drug-likeness (QED) is 0.803. The number of rotatable bonds is 4. The Hall–Kier alpha value is -2.89. The van der Waals surface area contributed by atoms with Crippen LogP contribution in [-0.2, 0) is 4.79 Å². The lowest BCUT2D eigenvalue weighted by Crippen LogP contribution is -2.24. The van der Waals surface area contributed by atoms with Gasteiger partial charge in [-0.05, 0) is 6.92 Å². The summed E-state index contributed by atoms with van der Waals surface area (Å²) in [4.78, 5) is 26.3. The van der Waals surface area contributed by atoms with E-state index in [-0.39, 0.29) is 11.9 Å². The average Bonchev–Trinajstić information content (AvgIpc) is 3.34. The van der Waals surface area contributed by atoms with Gasteiger partial charge < -0.3 is 14.5 Å². The summed E-state index contributed by atoms with van der Waals surface area (Å²) in [5, 5.41) is 0. The first-order chi connectivity index (χ1) is 11.8. The number of H-pyrrole nitrogens is 1. The van der Waals surface area contributed by atoms with E-state index in [4.69, 9.17) is 0 Å². The van der Waals surface area contributed by atoms with Gasteiger partial charge in [0.05, 0.1) is 18.1 Å². The molecule has 0 radical (unpaired) electrons. The smallest absolute Gasteiger partial charge is 0.224 e. The van der Waals surface area contributed by atoms with Crippen LogP contribution in [0, 0.1) is 0 Å². The lowest BCUT2D eigenvalue weighted by molar-refractivity contribution is -0.127. The molecule has 1 aliphatic rings. The summed E-state index contributed by atoms with van der Waals surface area (Å²) in [5.74, 6) is 0.969. The topological polar surface area (TPSA) is 66.8 Å². The standard InChI is InChI=1S/C18H19N5O/c1-2-22-11-14(10-15(22)24)23-12-21-16(13-6-4-3-5-7-13)17(23)18-19-8-9-20-18/h3-9,12,14H,2,10-11H2,1H3,(H,19,20). The van der Waals surface area contributed by atoms with E-state index in [1.165, 1.54) is 0 Å². The molecule has 1 amide bonds. The highest BCUT2D eigenvalue weighted by Gasteiger charge is 2.32. The van der Waals surface area contributed by atoms with Crippen molar-refractivity contribution in [1.29, 1.82) is 0 Å². The Morgan fingerprint density at radius 3 is 2.75 bits per heavy atom. The third kappa shape index (κ3) is 2.40. The molecule has 0 saturated carbocycles. The van der Waals surface area contributed by atoms with Crippen molar-refractivity contribution in [3.05, 3.63) is 49.1 Å². The summed E-state index contributed by atoms with van der Waals surface area (Å²) in [5.41, 5.74) is 2.86. The zero-order valence-corrected chi connectivity index (χ0v) is 13.5. The third-order valence-electron chi connectivity index (χ3n) is 4.53. The predicted molar refractivity (Wildman–Crippen MR) is 91.2 cm³/mol. The predicted octanol–water partition coefficient (Wildman–Crippen LogP) is 2.73. The maximum Gasteiger partial charge on any atom is 0.224 e. The molecule has 122 valence electrons. The molecular formula is C18H19N5O. The fourth-order valence-corrected chi connectivity index (χ4v) is 3.32. The number of benzene rings is 1. The summed E-state index contributed by atoms with van der Waals surface area (Å²) in [6.07, 6.45) is 5.88. The molecule has 1 aliphatic heterocycles. The number of likely N-dealkylation sites (tertiary alicyclic amines) is 1. The van der Waals surface area contributed by atoms with E-state index in [1.54, 1.807) is 12.4 Å². The minimum absolute atomic E-state index is 0.0857. The fourth-order valence-electron chi connectivity index (χ4n) is 3.32. The number of aromatic amines is 1. The van der Waals surface area contributed by atoms with Crippen LogP contribution >= 0.6 is 0 Å². The maximum absolute atomic E-state index is 12.1. The van der Waals surface area contributed by atoms with Crippen LogP contribution in [0.5, 0.6) is 0 Å². The first-order valence-corrected chi connectivity index (χ1v) is 8.17. The second-order valence-electron chi connectivity index (χ2n) is 5.94. The Bertz CT molecular complexity index is 838. The molecule has 2 aromatic heterocycles. The number of carbonyl (C=O) groups excluding carboxylic acids is 1. The van der Waals surface area contributed by atoms with Crippen LogP contribution in [0.15, 0.2) is 49.1 Å². The largest absolute Gasteiger partial charge is 0.343 e. The van der Waals surface area contributed by atoms with Gasteiger partial charge in [0, 0.05) is 37.5 Å². The van der Waals surface area contributed by atoms with Gasteiger partial charge >= 0.3 is 0 Å². The van der Waals surface area contributed by atoms with Gasteiger partial charge in [-0.25, -0.2) is 9.97 Å². The molecule has 1 saturated heterocycles. The zero-order valence-electron chi connectivity index (χ0n) is 13.5. The van der Waals surface area contributed by atoms with E-state index < -0.39 is 0 Å². The molecule has 0 spiro atoms. The van der Waals surface area contributed by atoms with Gasteiger partial charge in [-0.2, -0.15) is 0 Å². The Morgan fingerprint density at radius 1 is 1.25 bits per heavy atom. The average molecular weight is 321 g/mol. The normalized spacial score (nSPS) is 17.6. The van der Waals surface area contributed by atoms with Crippen LogP contribution in [0.25, 0.3) is 22.8 Å². The van der Waals surface area contributed by atoms with Gasteiger partial charge in [-0.3, -0.25) is 4.79 Å². The van der Waals surface area contributed by atoms with Crippen molar-refractivity contribution in [2.45, 2.75) is 19.4 Å². The van der Waals surface area contributed by atoms with Crippen molar-refractivity contribution < 1.29 is 4.79 Å². The van der Waals surface area contributed by atoms with Crippen LogP contribution in [-0.4, -0.2) is 43.4 Å². The number of hydrogen-bond acceptors (Lipinski definition) is 3. The lowest BCUT2D eigenvalue weighted by atomic mass is 10.1. The number of nitrogens with one attached hydrogen (secondary N) is 1. The second-order valence-corrected chi connectivity index (χ2v) is 5.94. The SMILES string of the molecule is CCN1CC(n2cnc(-c3ccccc3)c2-c2ncc[nH]2)CC1=O. The summed E-state index contributed by atoms with van der Waals surface area (Å²) in [6.45, 7) is 3.47. The van der Waals surface area contributed by atoms with Crippen molar-refractivity contribution in [3.63, 3.8) is 0 Å². The van der Waals surface area contributed by atoms with Gasteiger partial charge in [0.2, 0.25) is 5.91 Å². The number of hydrogen-bond donors (Lipinski definition) is 1. The molecule has 6 heteroatoms. The number of likely N-dealkylation sites (N-methyl/N-ethyl adjacent to an activating group) is 1. The Balaban J connectivity index is 1.81. The summed E-state index contributed by atoms with van der Waals surface area (Å²) < 4.78 is 2.09. The van der Waals surface area contributed by atoms with E-state index in [9.17, 15) is 4.79 Å². The van der Waals surface area contributed by atoms with Crippen molar-refractivity contribution in [3.8, 4) is 22.8 Å². The molecule has 1 atom stereocenters. The molecule has 3 aromatic rings. The number of carbonyl (C=O) groups is 1. The highest BCUT2D eigenvalue weighted by molar-refractivity contribution is 5.80. The summed E-state index contributed by atoms with van der Waals surface area (Å²) in [6, 6.07) is 10.1. The van der Waals surface area contributed by atoms with E-state index >= 15 is 0 Å². The molecule has 1 N–H and O–H groups in total. The van der Waals surface area contributed by atoms with Crippen LogP contribution in [0.3, 0.4) is 0 Å².